The topological polar surface area (TPSA) is 35.5 Å². The second kappa shape index (κ2) is 7.42. The van der Waals surface area contributed by atoms with Gasteiger partial charge in [-0.15, -0.1) is 11.6 Å². The third kappa shape index (κ3) is 4.43. The monoisotopic (exact) mass is 336 g/mol. The maximum atomic E-state index is 13.3. The van der Waals surface area contributed by atoms with Crippen LogP contribution < -0.4 is 10.2 Å². The lowest BCUT2D eigenvalue weighted by molar-refractivity contribution is -0.136. The summed E-state index contributed by atoms with van der Waals surface area (Å²) < 4.78 is 39.8. The van der Waals surface area contributed by atoms with E-state index in [1.165, 1.54) is 12.1 Å². The van der Waals surface area contributed by atoms with Crippen molar-refractivity contribution in [3.63, 3.8) is 0 Å². The molecule has 1 heterocycles. The number of piperidine rings is 1. The quantitative estimate of drug-likeness (QED) is 0.805. The molecule has 22 heavy (non-hydrogen) atoms. The number of nitrogens with zero attached hydrogens (tertiary/aromatic N) is 1. The van der Waals surface area contributed by atoms with Crippen LogP contribution in [0.3, 0.4) is 0 Å². The molecule has 1 fully saturated rings. The molecule has 0 spiro atoms. The predicted octanol–water partition coefficient (Wildman–Crippen LogP) is 3.71. The van der Waals surface area contributed by atoms with Crippen LogP contribution in [0.15, 0.2) is 18.2 Å². The molecule has 2 N–H and O–H groups in total. The Kier molecular flexibility index (Phi) is 5.81. The van der Waals surface area contributed by atoms with Gasteiger partial charge in [-0.1, -0.05) is 0 Å². The molecule has 3 nitrogen and oxygen atoms in total. The molecule has 1 atom stereocenters. The first-order valence-electron chi connectivity index (χ1n) is 7.36. The maximum Gasteiger partial charge on any atom is 0.418 e. The van der Waals surface area contributed by atoms with Crippen LogP contribution in [0.4, 0.5) is 24.5 Å². The van der Waals surface area contributed by atoms with E-state index in [9.17, 15) is 18.3 Å². The summed E-state index contributed by atoms with van der Waals surface area (Å²) >= 11 is 5.46. The van der Waals surface area contributed by atoms with Crippen molar-refractivity contribution < 1.29 is 18.3 Å². The first kappa shape index (κ1) is 17.2. The van der Waals surface area contributed by atoms with E-state index in [1.807, 2.05) is 4.90 Å². The molecule has 0 aliphatic carbocycles. The summed E-state index contributed by atoms with van der Waals surface area (Å²) in [5.74, 6) is -0.0276. The average Bonchev–Trinajstić information content (AvgIpc) is 2.52. The van der Waals surface area contributed by atoms with Crippen LogP contribution in [0, 0.1) is 0 Å². The zero-order valence-electron chi connectivity index (χ0n) is 12.2. The largest absolute Gasteiger partial charge is 0.418 e. The van der Waals surface area contributed by atoms with E-state index in [1.54, 1.807) is 6.07 Å². The second-order valence-electron chi connectivity index (χ2n) is 5.46. The molecule has 0 bridgehead atoms. The van der Waals surface area contributed by atoms with Crippen LogP contribution in [0.5, 0.6) is 0 Å². The Balaban J connectivity index is 2.22. The summed E-state index contributed by atoms with van der Waals surface area (Å²) in [4.78, 5) is 1.98. The molecule has 0 amide bonds. The van der Waals surface area contributed by atoms with Crippen molar-refractivity contribution in [1.29, 1.82) is 0 Å². The van der Waals surface area contributed by atoms with Gasteiger partial charge < -0.3 is 15.3 Å². The fourth-order valence-electron chi connectivity index (χ4n) is 2.55. The number of aliphatic hydroxyl groups is 1. The Morgan fingerprint density at radius 2 is 1.91 bits per heavy atom. The summed E-state index contributed by atoms with van der Waals surface area (Å²) in [6.45, 7) is 1.56. The molecule has 1 aliphatic rings. The van der Waals surface area contributed by atoms with Gasteiger partial charge in [0, 0.05) is 31.0 Å². The van der Waals surface area contributed by atoms with Crippen molar-refractivity contribution in [2.45, 2.75) is 31.5 Å². The smallest absolute Gasteiger partial charge is 0.390 e. The van der Waals surface area contributed by atoms with Gasteiger partial charge in [0.25, 0.3) is 0 Å². The molecule has 1 aliphatic heterocycles. The number of rotatable bonds is 5. The first-order chi connectivity index (χ1) is 10.4. The predicted molar refractivity (Wildman–Crippen MR) is 82.7 cm³/mol. The highest BCUT2D eigenvalue weighted by molar-refractivity contribution is 6.18. The van der Waals surface area contributed by atoms with Gasteiger partial charge in [-0.05, 0) is 37.5 Å². The summed E-state index contributed by atoms with van der Waals surface area (Å²) in [7, 11) is 0. The molecule has 1 aromatic rings. The molecule has 7 heteroatoms. The molecule has 0 aromatic heterocycles. The van der Waals surface area contributed by atoms with Gasteiger partial charge in [-0.2, -0.15) is 13.2 Å². The van der Waals surface area contributed by atoms with Gasteiger partial charge in [0.1, 0.15) is 0 Å². The Hall–Kier alpha value is -1.14. The highest BCUT2D eigenvalue weighted by atomic mass is 35.5. The SMILES string of the molecule is OC(CCl)CNc1ccc(N2CCCCC2)cc1C(F)(F)F. The van der Waals surface area contributed by atoms with Gasteiger partial charge in [0.2, 0.25) is 0 Å². The molecular weight excluding hydrogens is 317 g/mol. The number of nitrogens with one attached hydrogen (secondary N) is 1. The van der Waals surface area contributed by atoms with Crippen LogP contribution >= 0.6 is 11.6 Å². The summed E-state index contributed by atoms with van der Waals surface area (Å²) in [5.41, 5.74) is -0.148. The Morgan fingerprint density at radius 3 is 2.50 bits per heavy atom. The second-order valence-corrected chi connectivity index (χ2v) is 5.77. The molecule has 1 aromatic carbocycles. The Bertz CT molecular complexity index is 490. The normalized spacial score (nSPS) is 17.4. The molecule has 124 valence electrons. The number of aliphatic hydroxyl groups excluding tert-OH is 1. The maximum absolute atomic E-state index is 13.3. The fourth-order valence-corrected chi connectivity index (χ4v) is 2.66. The van der Waals surface area contributed by atoms with E-state index in [0.29, 0.717) is 5.69 Å². The minimum Gasteiger partial charge on any atom is -0.390 e. The van der Waals surface area contributed by atoms with E-state index in [4.69, 9.17) is 11.6 Å². The van der Waals surface area contributed by atoms with E-state index >= 15 is 0 Å². The highest BCUT2D eigenvalue weighted by Crippen LogP contribution is 2.37. The average molecular weight is 337 g/mol. The van der Waals surface area contributed by atoms with Gasteiger partial charge in [0.05, 0.1) is 17.5 Å². The molecule has 0 radical (unpaired) electrons. The third-order valence-corrected chi connectivity index (χ3v) is 4.09. The molecule has 1 unspecified atom stereocenters. The van der Waals surface area contributed by atoms with Gasteiger partial charge in [-0.3, -0.25) is 0 Å². The van der Waals surface area contributed by atoms with E-state index < -0.39 is 17.8 Å². The van der Waals surface area contributed by atoms with Crippen molar-refractivity contribution in [1.82, 2.24) is 0 Å². The van der Waals surface area contributed by atoms with Crippen molar-refractivity contribution in [3.8, 4) is 0 Å². The summed E-state index contributed by atoms with van der Waals surface area (Å²) in [5, 5.41) is 12.0. The lowest BCUT2D eigenvalue weighted by atomic mass is 10.1. The van der Waals surface area contributed by atoms with E-state index in [-0.39, 0.29) is 18.1 Å². The van der Waals surface area contributed by atoms with Crippen molar-refractivity contribution in [2.75, 3.05) is 35.7 Å². The van der Waals surface area contributed by atoms with E-state index in [2.05, 4.69) is 5.32 Å². The van der Waals surface area contributed by atoms with Crippen LogP contribution in [0.1, 0.15) is 24.8 Å². The highest BCUT2D eigenvalue weighted by Gasteiger charge is 2.34. The minimum atomic E-state index is -4.44. The van der Waals surface area contributed by atoms with Crippen molar-refractivity contribution in [2.24, 2.45) is 0 Å². The first-order valence-corrected chi connectivity index (χ1v) is 7.89. The van der Waals surface area contributed by atoms with Crippen molar-refractivity contribution >= 4 is 23.0 Å². The zero-order chi connectivity index (χ0) is 16.2. The van der Waals surface area contributed by atoms with Gasteiger partial charge >= 0.3 is 6.18 Å². The molecule has 1 saturated heterocycles. The number of alkyl halides is 4. The Labute approximate surface area is 133 Å². The van der Waals surface area contributed by atoms with E-state index in [0.717, 1.165) is 32.4 Å². The number of hydrogen-bond acceptors (Lipinski definition) is 3. The van der Waals surface area contributed by atoms with Crippen LogP contribution in [0.2, 0.25) is 0 Å². The van der Waals surface area contributed by atoms with Crippen LogP contribution in [-0.2, 0) is 6.18 Å². The minimum absolute atomic E-state index is 0.0182. The van der Waals surface area contributed by atoms with Crippen molar-refractivity contribution in [3.05, 3.63) is 23.8 Å². The number of benzene rings is 1. The Morgan fingerprint density at radius 1 is 1.23 bits per heavy atom. The lowest BCUT2D eigenvalue weighted by Gasteiger charge is -2.30. The molecule has 2 rings (SSSR count). The molecule has 0 saturated carbocycles. The number of hydrogen-bond donors (Lipinski definition) is 2. The standard InChI is InChI=1S/C15H20ClF3N2O/c16-9-12(22)10-20-14-5-4-11(8-13(14)15(17,18)19)21-6-2-1-3-7-21/h4-5,8,12,20,22H,1-3,6-7,9-10H2. The zero-order valence-corrected chi connectivity index (χ0v) is 12.9. The van der Waals surface area contributed by atoms with Gasteiger partial charge in [0.15, 0.2) is 0 Å². The molecular formula is C15H20ClF3N2O. The van der Waals surface area contributed by atoms with Gasteiger partial charge in [-0.25, -0.2) is 0 Å². The number of halogens is 4. The van der Waals surface area contributed by atoms with Crippen LogP contribution in [0.25, 0.3) is 0 Å². The number of anilines is 2. The third-order valence-electron chi connectivity index (χ3n) is 3.74. The van der Waals surface area contributed by atoms with Crippen LogP contribution in [-0.4, -0.2) is 36.7 Å². The summed E-state index contributed by atoms with van der Waals surface area (Å²) in [6, 6.07) is 4.30. The fraction of sp³-hybridized carbons (Fsp3) is 0.600. The summed E-state index contributed by atoms with van der Waals surface area (Å²) in [6.07, 6.45) is -2.20. The lowest BCUT2D eigenvalue weighted by Crippen LogP contribution is -2.29.